The van der Waals surface area contributed by atoms with Crippen molar-refractivity contribution in [3.05, 3.63) is 121 Å². The van der Waals surface area contributed by atoms with Gasteiger partial charge in [-0.05, 0) is 0 Å². The second kappa shape index (κ2) is 6.72. The molecule has 0 aromatic heterocycles. The van der Waals surface area contributed by atoms with Crippen LogP contribution in [0.1, 0.15) is 0 Å². The van der Waals surface area contributed by atoms with Crippen LogP contribution in [0.25, 0.3) is 0 Å². The summed E-state index contributed by atoms with van der Waals surface area (Å²) in [6.07, 6.45) is 0. The molecule has 26 heavy (non-hydrogen) atoms. The molecule has 0 unspecified atom stereocenters. The Morgan fingerprint density at radius 2 is 0.538 bits per heavy atom. The van der Waals surface area contributed by atoms with Gasteiger partial charge in [0.2, 0.25) is 0 Å². The summed E-state index contributed by atoms with van der Waals surface area (Å²) in [4.78, 5) is 0. The molecule has 0 radical (unpaired) electrons. The zero-order chi connectivity index (χ0) is 17.9. The Balaban J connectivity index is 2.23. The van der Waals surface area contributed by atoms with Crippen LogP contribution < -0.4 is 15.5 Å². The Hall–Kier alpha value is -2.41. The van der Waals surface area contributed by atoms with E-state index in [9.17, 15) is 0 Å². The van der Waals surface area contributed by atoms with Gasteiger partial charge in [0.15, 0.2) is 0 Å². The van der Waals surface area contributed by atoms with Gasteiger partial charge in [-0.1, -0.05) is 0 Å². The molecule has 0 atom stereocenters. The third kappa shape index (κ3) is 2.41. The Bertz CT molecular complexity index is 808. The Kier molecular flexibility index (Phi) is 4.40. The van der Waals surface area contributed by atoms with Crippen LogP contribution in [0.15, 0.2) is 121 Å². The van der Waals surface area contributed by atoms with E-state index in [2.05, 4.69) is 127 Å². The van der Waals surface area contributed by atoms with Gasteiger partial charge in [0.25, 0.3) is 0 Å². The number of benzene rings is 4. The summed E-state index contributed by atoms with van der Waals surface area (Å²) >= 11 is -3.74. The monoisotopic (exact) mass is 371 g/mol. The van der Waals surface area contributed by atoms with Crippen LogP contribution in [0.2, 0.25) is 5.23 Å². The normalized spacial score (nSPS) is 12.9. The summed E-state index contributed by atoms with van der Waals surface area (Å²) in [6.45, 7) is 0. The van der Waals surface area contributed by atoms with E-state index in [0.717, 1.165) is 0 Å². The third-order valence-electron chi connectivity index (χ3n) is 5.98. The Morgan fingerprint density at radius 1 is 0.346 bits per heavy atom. The fourth-order valence-electron chi connectivity index (χ4n) is 4.42. The van der Waals surface area contributed by atoms with E-state index in [4.69, 9.17) is 0 Å². The SMILES string of the molecule is [CH3][Ti]([c]1ccccc1)([c]1ccccc1)([c]1ccccc1)[c]1ccccc1. The first-order valence-corrected chi connectivity index (χ1v) is 13.8. The molecule has 0 nitrogen and oxygen atoms in total. The van der Waals surface area contributed by atoms with Crippen molar-refractivity contribution < 1.29 is 15.3 Å². The van der Waals surface area contributed by atoms with Crippen molar-refractivity contribution in [2.45, 2.75) is 5.23 Å². The quantitative estimate of drug-likeness (QED) is 0.475. The van der Waals surface area contributed by atoms with Gasteiger partial charge in [-0.2, -0.15) is 0 Å². The summed E-state index contributed by atoms with van der Waals surface area (Å²) < 4.78 is 5.81. The van der Waals surface area contributed by atoms with E-state index in [0.29, 0.717) is 0 Å². The maximum absolute atomic E-state index is 3.74. The second-order valence-electron chi connectivity index (χ2n) is 7.21. The standard InChI is InChI=1S/4C6H5.CH3.Ti/c4*1-2-4-6-5-3-1;;/h4*1-5H;1H3;. The summed E-state index contributed by atoms with van der Waals surface area (Å²) in [5.74, 6) is 0. The van der Waals surface area contributed by atoms with Gasteiger partial charge >= 0.3 is 157 Å². The molecule has 0 aliphatic carbocycles. The van der Waals surface area contributed by atoms with Crippen molar-refractivity contribution in [1.82, 2.24) is 0 Å². The molecule has 0 saturated carbocycles. The van der Waals surface area contributed by atoms with Crippen LogP contribution in [0.5, 0.6) is 0 Å². The molecule has 0 spiro atoms. The van der Waals surface area contributed by atoms with Gasteiger partial charge in [0, 0.05) is 0 Å². The van der Waals surface area contributed by atoms with Crippen LogP contribution in [-0.4, -0.2) is 0 Å². The zero-order valence-electron chi connectivity index (χ0n) is 15.0. The number of hydrogen-bond acceptors (Lipinski definition) is 0. The van der Waals surface area contributed by atoms with Crippen molar-refractivity contribution in [2.75, 3.05) is 0 Å². The zero-order valence-corrected chi connectivity index (χ0v) is 16.6. The number of rotatable bonds is 4. The van der Waals surface area contributed by atoms with E-state index >= 15 is 0 Å². The summed E-state index contributed by atoms with van der Waals surface area (Å²) in [5.41, 5.74) is 0. The minimum absolute atomic E-state index is 1.45. The first kappa shape index (κ1) is 17.0. The van der Waals surface area contributed by atoms with Crippen molar-refractivity contribution in [3.63, 3.8) is 0 Å². The van der Waals surface area contributed by atoms with Crippen LogP contribution in [0.3, 0.4) is 0 Å². The fraction of sp³-hybridized carbons (Fsp3) is 0.0400. The molecule has 0 N–H and O–H groups in total. The van der Waals surface area contributed by atoms with Crippen LogP contribution in [-0.2, 0) is 15.3 Å². The summed E-state index contributed by atoms with van der Waals surface area (Å²) in [6, 6.07) is 44.5. The van der Waals surface area contributed by atoms with Gasteiger partial charge in [-0.15, -0.1) is 0 Å². The molecule has 0 amide bonds. The van der Waals surface area contributed by atoms with Crippen LogP contribution in [0, 0.1) is 0 Å². The molecule has 0 saturated heterocycles. The van der Waals surface area contributed by atoms with Crippen molar-refractivity contribution in [3.8, 4) is 0 Å². The molecule has 0 heterocycles. The topological polar surface area (TPSA) is 0 Å². The molecule has 0 bridgehead atoms. The molecule has 0 aliphatic rings. The average Bonchev–Trinajstić information content (AvgIpc) is 2.76. The van der Waals surface area contributed by atoms with Gasteiger partial charge in [-0.3, -0.25) is 0 Å². The molecular formula is C25H23Ti. The van der Waals surface area contributed by atoms with E-state index in [1.165, 1.54) is 15.5 Å². The van der Waals surface area contributed by atoms with Crippen LogP contribution in [0.4, 0.5) is 0 Å². The third-order valence-corrected chi connectivity index (χ3v) is 17.1. The van der Waals surface area contributed by atoms with Crippen molar-refractivity contribution in [2.24, 2.45) is 0 Å². The first-order valence-electron chi connectivity index (χ1n) is 9.14. The maximum atomic E-state index is 2.55. The average molecular weight is 371 g/mol. The number of hydrogen-bond donors (Lipinski definition) is 0. The van der Waals surface area contributed by atoms with Gasteiger partial charge < -0.3 is 0 Å². The molecule has 4 aromatic rings. The fourth-order valence-corrected chi connectivity index (χ4v) is 13.9. The first-order chi connectivity index (χ1) is 12.7. The van der Waals surface area contributed by atoms with E-state index in [-0.39, 0.29) is 0 Å². The molecule has 4 aromatic carbocycles. The summed E-state index contributed by atoms with van der Waals surface area (Å²) in [5, 5.41) is 2.55. The second-order valence-corrected chi connectivity index (χ2v) is 16.3. The molecular weight excluding hydrogens is 348 g/mol. The van der Waals surface area contributed by atoms with E-state index in [1.54, 1.807) is 0 Å². The predicted molar refractivity (Wildman–Crippen MR) is 110 cm³/mol. The van der Waals surface area contributed by atoms with Gasteiger partial charge in [0.05, 0.1) is 0 Å². The van der Waals surface area contributed by atoms with Crippen LogP contribution >= 0.6 is 0 Å². The Morgan fingerprint density at radius 3 is 0.731 bits per heavy atom. The van der Waals surface area contributed by atoms with Crippen molar-refractivity contribution >= 4 is 15.5 Å². The molecule has 1 heteroatoms. The minimum atomic E-state index is -3.74. The summed E-state index contributed by atoms with van der Waals surface area (Å²) in [7, 11) is 0. The van der Waals surface area contributed by atoms with Gasteiger partial charge in [-0.25, -0.2) is 0 Å². The molecule has 0 aliphatic heterocycles. The van der Waals surface area contributed by atoms with E-state index < -0.39 is 15.3 Å². The predicted octanol–water partition coefficient (Wildman–Crippen LogP) is 4.03. The molecule has 0 fully saturated rings. The molecule has 127 valence electrons. The molecule has 4 rings (SSSR count). The van der Waals surface area contributed by atoms with Gasteiger partial charge in [0.1, 0.15) is 0 Å². The van der Waals surface area contributed by atoms with Crippen molar-refractivity contribution in [1.29, 1.82) is 0 Å². The van der Waals surface area contributed by atoms with E-state index in [1.807, 2.05) is 0 Å². The Labute approximate surface area is 157 Å².